The van der Waals surface area contributed by atoms with E-state index in [1.807, 2.05) is 18.2 Å². The second kappa shape index (κ2) is 5.59. The third-order valence-electron chi connectivity index (χ3n) is 3.55. The Morgan fingerprint density at radius 1 is 1.42 bits per heavy atom. The number of hydrogen-bond donors (Lipinski definition) is 2. The van der Waals surface area contributed by atoms with Crippen molar-refractivity contribution < 1.29 is 24.5 Å². The number of carboxylic acids is 1. The zero-order valence-electron chi connectivity index (χ0n) is 10.9. The Labute approximate surface area is 111 Å². The molecule has 0 aromatic heterocycles. The molecule has 5 nitrogen and oxygen atoms in total. The minimum absolute atomic E-state index is 0.0333. The second-order valence-electron chi connectivity index (χ2n) is 4.68. The fourth-order valence-electron chi connectivity index (χ4n) is 2.48. The summed E-state index contributed by atoms with van der Waals surface area (Å²) in [6, 6.07) is 5.70. The van der Waals surface area contributed by atoms with Crippen LogP contribution in [0.2, 0.25) is 0 Å². The van der Waals surface area contributed by atoms with Gasteiger partial charge in [0.1, 0.15) is 5.75 Å². The van der Waals surface area contributed by atoms with Gasteiger partial charge in [0.25, 0.3) is 0 Å². The summed E-state index contributed by atoms with van der Waals surface area (Å²) in [6.45, 7) is -0.147. The zero-order valence-corrected chi connectivity index (χ0v) is 10.9. The molecule has 1 atom stereocenters. The number of aliphatic carboxylic acids is 1. The lowest BCUT2D eigenvalue weighted by Crippen LogP contribution is -2.47. The molecule has 0 fully saturated rings. The number of ether oxygens (including phenoxy) is 2. The van der Waals surface area contributed by atoms with Crippen LogP contribution in [0.1, 0.15) is 17.5 Å². The Hall–Kier alpha value is -1.59. The molecule has 0 radical (unpaired) electrons. The van der Waals surface area contributed by atoms with Crippen molar-refractivity contribution in [2.45, 2.75) is 24.9 Å². The van der Waals surface area contributed by atoms with E-state index >= 15 is 0 Å². The summed E-state index contributed by atoms with van der Waals surface area (Å²) in [5.74, 6) is -0.267. The maximum Gasteiger partial charge on any atom is 0.336 e. The molecule has 0 aliphatic heterocycles. The normalized spacial score (nSPS) is 21.8. The summed E-state index contributed by atoms with van der Waals surface area (Å²) in [7, 11) is 1.58. The molecular formula is C14H18O5. The number of rotatable bonds is 5. The predicted molar refractivity (Wildman–Crippen MR) is 68.4 cm³/mol. The molecule has 2 N–H and O–H groups in total. The van der Waals surface area contributed by atoms with Crippen molar-refractivity contribution in [1.82, 2.24) is 0 Å². The minimum atomic E-state index is -1.23. The summed E-state index contributed by atoms with van der Waals surface area (Å²) in [6.07, 6.45) is 1.37. The first-order chi connectivity index (χ1) is 9.11. The molecule has 0 amide bonds. The fourth-order valence-corrected chi connectivity index (χ4v) is 2.48. The van der Waals surface area contributed by atoms with E-state index < -0.39 is 11.6 Å². The Kier molecular flexibility index (Phi) is 4.07. The lowest BCUT2D eigenvalue weighted by Gasteiger charge is -2.34. The van der Waals surface area contributed by atoms with E-state index in [0.29, 0.717) is 25.0 Å². The van der Waals surface area contributed by atoms with Gasteiger partial charge >= 0.3 is 5.97 Å². The van der Waals surface area contributed by atoms with Gasteiger partial charge in [-0.05, 0) is 36.1 Å². The molecular weight excluding hydrogens is 248 g/mol. The van der Waals surface area contributed by atoms with Crippen molar-refractivity contribution >= 4 is 5.97 Å². The highest BCUT2D eigenvalue weighted by Gasteiger charge is 2.42. The highest BCUT2D eigenvalue weighted by Crippen LogP contribution is 2.33. The van der Waals surface area contributed by atoms with Crippen LogP contribution in [0.25, 0.3) is 0 Å². The quantitative estimate of drug-likeness (QED) is 0.832. The second-order valence-corrected chi connectivity index (χ2v) is 4.68. The molecule has 0 heterocycles. The molecule has 104 valence electrons. The molecule has 19 heavy (non-hydrogen) atoms. The van der Waals surface area contributed by atoms with Crippen molar-refractivity contribution in [1.29, 1.82) is 0 Å². The van der Waals surface area contributed by atoms with Crippen LogP contribution in [-0.4, -0.2) is 42.1 Å². The summed E-state index contributed by atoms with van der Waals surface area (Å²) in [5, 5.41) is 18.3. The Morgan fingerprint density at radius 3 is 2.84 bits per heavy atom. The number of methoxy groups -OCH3 is 1. The van der Waals surface area contributed by atoms with Crippen LogP contribution in [0.15, 0.2) is 18.2 Å². The molecule has 1 aromatic carbocycles. The maximum atomic E-state index is 11.5. The first kappa shape index (κ1) is 13.8. The van der Waals surface area contributed by atoms with E-state index in [1.165, 1.54) is 0 Å². The zero-order chi connectivity index (χ0) is 13.9. The van der Waals surface area contributed by atoms with Gasteiger partial charge in [-0.25, -0.2) is 4.79 Å². The third kappa shape index (κ3) is 2.72. The average molecular weight is 266 g/mol. The van der Waals surface area contributed by atoms with Gasteiger partial charge in [-0.1, -0.05) is 6.07 Å². The fraction of sp³-hybridized carbons (Fsp3) is 0.500. The highest BCUT2D eigenvalue weighted by molar-refractivity contribution is 5.78. The van der Waals surface area contributed by atoms with Crippen LogP contribution >= 0.6 is 0 Å². The molecule has 0 saturated heterocycles. The Balaban J connectivity index is 2.28. The van der Waals surface area contributed by atoms with Gasteiger partial charge in [0.2, 0.25) is 0 Å². The summed E-state index contributed by atoms with van der Waals surface area (Å²) in [4.78, 5) is 11.5. The Bertz CT molecular complexity index is 471. The van der Waals surface area contributed by atoms with Crippen molar-refractivity contribution in [3.63, 3.8) is 0 Å². The lowest BCUT2D eigenvalue weighted by atomic mass is 9.80. The van der Waals surface area contributed by atoms with Gasteiger partial charge in [-0.2, -0.15) is 0 Å². The van der Waals surface area contributed by atoms with Crippen LogP contribution in [0, 0.1) is 0 Å². The minimum Gasteiger partial charge on any atom is -0.497 e. The molecule has 5 heteroatoms. The van der Waals surface area contributed by atoms with E-state index in [-0.39, 0.29) is 13.2 Å². The van der Waals surface area contributed by atoms with Crippen LogP contribution in [-0.2, 0) is 22.4 Å². The molecule has 1 unspecified atom stereocenters. The number of carbonyl (C=O) groups is 1. The van der Waals surface area contributed by atoms with E-state index in [9.17, 15) is 9.90 Å². The predicted octanol–water partition coefficient (Wildman–Crippen LogP) is 1.02. The van der Waals surface area contributed by atoms with Crippen molar-refractivity contribution in [2.24, 2.45) is 0 Å². The molecule has 2 rings (SSSR count). The number of benzene rings is 1. The largest absolute Gasteiger partial charge is 0.497 e. The van der Waals surface area contributed by atoms with Gasteiger partial charge in [0.05, 0.1) is 20.3 Å². The van der Waals surface area contributed by atoms with Crippen molar-refractivity contribution in [3.05, 3.63) is 29.3 Å². The third-order valence-corrected chi connectivity index (χ3v) is 3.55. The van der Waals surface area contributed by atoms with Crippen LogP contribution in [0.4, 0.5) is 0 Å². The van der Waals surface area contributed by atoms with Gasteiger partial charge in [0, 0.05) is 6.42 Å². The number of aliphatic hydroxyl groups is 1. The highest BCUT2D eigenvalue weighted by atomic mass is 16.5. The average Bonchev–Trinajstić information content (AvgIpc) is 2.43. The molecule has 0 bridgehead atoms. The summed E-state index contributed by atoms with van der Waals surface area (Å²) < 4.78 is 10.6. The van der Waals surface area contributed by atoms with Gasteiger partial charge < -0.3 is 19.7 Å². The monoisotopic (exact) mass is 266 g/mol. The number of carboxylic acid groups (broad SMARTS) is 1. The molecule has 1 aliphatic carbocycles. The summed E-state index contributed by atoms with van der Waals surface area (Å²) >= 11 is 0. The maximum absolute atomic E-state index is 11.5. The Morgan fingerprint density at radius 2 is 2.21 bits per heavy atom. The van der Waals surface area contributed by atoms with E-state index in [2.05, 4.69) is 0 Å². The molecule has 0 saturated carbocycles. The number of aryl methyl sites for hydroxylation is 1. The van der Waals surface area contributed by atoms with Crippen molar-refractivity contribution in [2.75, 3.05) is 20.3 Å². The van der Waals surface area contributed by atoms with Crippen LogP contribution in [0.3, 0.4) is 0 Å². The topological polar surface area (TPSA) is 76.0 Å². The number of aliphatic hydroxyl groups excluding tert-OH is 1. The van der Waals surface area contributed by atoms with Crippen LogP contribution in [0.5, 0.6) is 5.75 Å². The van der Waals surface area contributed by atoms with Gasteiger partial charge in [0.15, 0.2) is 5.60 Å². The molecule has 1 aromatic rings. The lowest BCUT2D eigenvalue weighted by molar-refractivity contribution is -0.169. The van der Waals surface area contributed by atoms with Crippen molar-refractivity contribution in [3.8, 4) is 5.75 Å². The van der Waals surface area contributed by atoms with Gasteiger partial charge in [-0.15, -0.1) is 0 Å². The standard InChI is InChI=1S/C14H18O5/c1-18-12-3-2-10-4-5-14(13(16)17,19-7-6-15)9-11(10)8-12/h2-3,8,15H,4-7,9H2,1H3,(H,16,17). The molecule has 1 aliphatic rings. The first-order valence-corrected chi connectivity index (χ1v) is 6.25. The van der Waals surface area contributed by atoms with E-state index in [4.69, 9.17) is 14.6 Å². The first-order valence-electron chi connectivity index (χ1n) is 6.25. The summed E-state index contributed by atoms with van der Waals surface area (Å²) in [5.41, 5.74) is 0.832. The number of hydrogen-bond acceptors (Lipinski definition) is 4. The van der Waals surface area contributed by atoms with E-state index in [1.54, 1.807) is 7.11 Å². The molecule has 0 spiro atoms. The van der Waals surface area contributed by atoms with E-state index in [0.717, 1.165) is 11.1 Å². The van der Waals surface area contributed by atoms with Gasteiger partial charge in [-0.3, -0.25) is 0 Å². The van der Waals surface area contributed by atoms with Crippen LogP contribution < -0.4 is 4.74 Å². The SMILES string of the molecule is COc1ccc2c(c1)CC(OCCO)(C(=O)O)CC2. The smallest absolute Gasteiger partial charge is 0.336 e. The number of fused-ring (bicyclic) bond motifs is 1.